The molecule has 1 aromatic rings. The van der Waals surface area contributed by atoms with Gasteiger partial charge in [0.25, 0.3) is 0 Å². The number of carbonyl (C=O) groups is 1. The number of benzene rings is 1. The minimum atomic E-state index is -3.52. The molecule has 1 aromatic carbocycles. The number of rotatable bonds is 4. The zero-order chi connectivity index (χ0) is 13.2. The van der Waals surface area contributed by atoms with Gasteiger partial charge in [0.05, 0.1) is 11.5 Å². The predicted octanol–water partition coefficient (Wildman–Crippen LogP) is 1.37. The quantitative estimate of drug-likeness (QED) is 0.827. The first-order chi connectivity index (χ1) is 8.49. The second-order valence-electron chi connectivity index (χ2n) is 4.60. The molecule has 1 aliphatic heterocycles. The second kappa shape index (κ2) is 5.20. The first-order valence-corrected chi connectivity index (χ1v) is 7.54. The lowest BCUT2D eigenvalue weighted by atomic mass is 10.1. The van der Waals surface area contributed by atoms with Crippen LogP contribution in [0.15, 0.2) is 29.2 Å². The second-order valence-corrected chi connectivity index (χ2v) is 6.59. The molecule has 1 unspecified atom stereocenters. The maximum Gasteiger partial charge on any atom is 0.185 e. The van der Waals surface area contributed by atoms with Gasteiger partial charge in [-0.25, -0.2) is 8.42 Å². The summed E-state index contributed by atoms with van der Waals surface area (Å²) < 4.78 is 29.2. The van der Waals surface area contributed by atoms with Crippen LogP contribution < -0.4 is 0 Å². The molecule has 0 aromatic heterocycles. The van der Waals surface area contributed by atoms with Crippen LogP contribution in [0.1, 0.15) is 12.0 Å². The molecule has 5 heteroatoms. The average molecular weight is 268 g/mol. The lowest BCUT2D eigenvalue weighted by Crippen LogP contribution is -2.24. The van der Waals surface area contributed by atoms with Crippen LogP contribution in [0, 0.1) is 12.8 Å². The monoisotopic (exact) mass is 268 g/mol. The molecule has 0 spiro atoms. The van der Waals surface area contributed by atoms with Crippen molar-refractivity contribution >= 4 is 15.6 Å². The Labute approximate surface area is 107 Å². The van der Waals surface area contributed by atoms with E-state index in [-0.39, 0.29) is 16.6 Å². The Bertz CT molecular complexity index is 525. The Balaban J connectivity index is 2.11. The van der Waals surface area contributed by atoms with Gasteiger partial charge in [-0.05, 0) is 25.5 Å². The van der Waals surface area contributed by atoms with Crippen molar-refractivity contribution in [2.75, 3.05) is 19.0 Å². The van der Waals surface area contributed by atoms with E-state index < -0.39 is 15.6 Å². The number of ketones is 1. The van der Waals surface area contributed by atoms with Crippen LogP contribution in [0.3, 0.4) is 0 Å². The largest absolute Gasteiger partial charge is 0.381 e. The third kappa shape index (κ3) is 2.97. The molecule has 1 saturated heterocycles. The molecule has 4 nitrogen and oxygen atoms in total. The summed E-state index contributed by atoms with van der Waals surface area (Å²) in [7, 11) is -3.52. The van der Waals surface area contributed by atoms with Crippen LogP contribution in [0.4, 0.5) is 0 Å². The molecule has 2 rings (SSSR count). The zero-order valence-electron chi connectivity index (χ0n) is 10.3. The van der Waals surface area contributed by atoms with Crippen LogP contribution in [0.2, 0.25) is 0 Å². The van der Waals surface area contributed by atoms with Crippen molar-refractivity contribution in [3.63, 3.8) is 0 Å². The lowest BCUT2D eigenvalue weighted by molar-refractivity contribution is -0.120. The van der Waals surface area contributed by atoms with Crippen LogP contribution in [0.5, 0.6) is 0 Å². The molecule has 1 heterocycles. The minimum absolute atomic E-state index is 0.209. The average Bonchev–Trinajstić information content (AvgIpc) is 2.82. The highest BCUT2D eigenvalue weighted by molar-refractivity contribution is 7.92. The summed E-state index contributed by atoms with van der Waals surface area (Å²) in [4.78, 5) is 12.1. The van der Waals surface area contributed by atoms with Gasteiger partial charge in [-0.15, -0.1) is 0 Å². The smallest absolute Gasteiger partial charge is 0.185 e. The Kier molecular flexibility index (Phi) is 3.82. The molecular formula is C13H16O4S. The maximum absolute atomic E-state index is 12.0. The summed E-state index contributed by atoms with van der Waals surface area (Å²) in [6.45, 7) is 2.78. The standard InChI is InChI=1S/C13H16O4S/c1-10-2-4-12(5-3-10)18(15,16)9-13(14)11-6-7-17-8-11/h2-5,11H,6-9H2,1H3. The number of aryl methyl sites for hydroxylation is 1. The topological polar surface area (TPSA) is 60.4 Å². The summed E-state index contributed by atoms with van der Waals surface area (Å²) in [6.07, 6.45) is 0.627. The third-order valence-corrected chi connectivity index (χ3v) is 4.75. The highest BCUT2D eigenvalue weighted by Crippen LogP contribution is 2.18. The van der Waals surface area contributed by atoms with Crippen LogP contribution >= 0.6 is 0 Å². The molecule has 0 radical (unpaired) electrons. The number of hydrogen-bond acceptors (Lipinski definition) is 4. The molecule has 0 bridgehead atoms. The van der Waals surface area contributed by atoms with Crippen molar-refractivity contribution in [2.24, 2.45) is 5.92 Å². The van der Waals surface area contributed by atoms with Crippen molar-refractivity contribution in [1.82, 2.24) is 0 Å². The molecule has 0 N–H and O–H groups in total. The molecule has 18 heavy (non-hydrogen) atoms. The summed E-state index contributed by atoms with van der Waals surface area (Å²) in [5.74, 6) is -0.928. The molecule has 1 atom stereocenters. The number of carbonyl (C=O) groups excluding carboxylic acids is 1. The predicted molar refractivity (Wildman–Crippen MR) is 67.2 cm³/mol. The zero-order valence-corrected chi connectivity index (χ0v) is 11.1. The Hall–Kier alpha value is -1.20. The summed E-state index contributed by atoms with van der Waals surface area (Å²) in [5.41, 5.74) is 0.990. The van der Waals surface area contributed by atoms with Crippen molar-refractivity contribution in [3.8, 4) is 0 Å². The van der Waals surface area contributed by atoms with Gasteiger partial charge in [0.1, 0.15) is 5.75 Å². The molecular weight excluding hydrogens is 252 g/mol. The number of hydrogen-bond donors (Lipinski definition) is 0. The summed E-state index contributed by atoms with van der Waals surface area (Å²) in [6, 6.07) is 6.55. The fourth-order valence-electron chi connectivity index (χ4n) is 1.92. The van der Waals surface area contributed by atoms with E-state index in [0.717, 1.165) is 5.56 Å². The molecule has 1 fully saturated rings. The highest BCUT2D eigenvalue weighted by atomic mass is 32.2. The Morgan fingerprint density at radius 1 is 1.33 bits per heavy atom. The molecule has 1 aliphatic rings. The van der Waals surface area contributed by atoms with Crippen molar-refractivity contribution < 1.29 is 17.9 Å². The molecule has 0 aliphatic carbocycles. The van der Waals surface area contributed by atoms with Gasteiger partial charge in [0, 0.05) is 12.5 Å². The normalized spacial score (nSPS) is 19.9. The molecule has 98 valence electrons. The van der Waals surface area contributed by atoms with Gasteiger partial charge >= 0.3 is 0 Å². The van der Waals surface area contributed by atoms with E-state index in [4.69, 9.17) is 4.74 Å². The highest BCUT2D eigenvalue weighted by Gasteiger charge is 2.28. The Morgan fingerprint density at radius 3 is 2.56 bits per heavy atom. The fraction of sp³-hybridized carbons (Fsp3) is 0.462. The van der Waals surface area contributed by atoms with E-state index in [1.807, 2.05) is 6.92 Å². The van der Waals surface area contributed by atoms with E-state index in [2.05, 4.69) is 0 Å². The number of Topliss-reactive ketones (excluding diaryl/α,β-unsaturated/α-hetero) is 1. The number of ether oxygens (including phenoxy) is 1. The van der Waals surface area contributed by atoms with Gasteiger partial charge in [-0.1, -0.05) is 17.7 Å². The fourth-order valence-corrected chi connectivity index (χ4v) is 3.25. The molecule has 0 saturated carbocycles. The van der Waals surface area contributed by atoms with Crippen LogP contribution in [-0.4, -0.2) is 33.2 Å². The van der Waals surface area contributed by atoms with Gasteiger partial charge < -0.3 is 4.74 Å². The Morgan fingerprint density at radius 2 is 2.00 bits per heavy atom. The van der Waals surface area contributed by atoms with Crippen molar-refractivity contribution in [3.05, 3.63) is 29.8 Å². The van der Waals surface area contributed by atoms with E-state index in [9.17, 15) is 13.2 Å². The van der Waals surface area contributed by atoms with Crippen LogP contribution in [0.25, 0.3) is 0 Å². The van der Waals surface area contributed by atoms with Gasteiger partial charge in [0.15, 0.2) is 15.6 Å². The first kappa shape index (κ1) is 13.2. The number of sulfone groups is 1. The molecule has 0 amide bonds. The minimum Gasteiger partial charge on any atom is -0.381 e. The van der Waals surface area contributed by atoms with Gasteiger partial charge in [-0.2, -0.15) is 0 Å². The van der Waals surface area contributed by atoms with Gasteiger partial charge in [0.2, 0.25) is 0 Å². The maximum atomic E-state index is 12.0. The van der Waals surface area contributed by atoms with Crippen molar-refractivity contribution in [2.45, 2.75) is 18.2 Å². The van der Waals surface area contributed by atoms with Crippen molar-refractivity contribution in [1.29, 1.82) is 0 Å². The third-order valence-electron chi connectivity index (χ3n) is 3.10. The van der Waals surface area contributed by atoms with E-state index in [1.54, 1.807) is 24.3 Å². The SMILES string of the molecule is Cc1ccc(S(=O)(=O)CC(=O)C2CCOC2)cc1. The van der Waals surface area contributed by atoms with Gasteiger partial charge in [-0.3, -0.25) is 4.79 Å². The summed E-state index contributed by atoms with van der Waals surface area (Å²) >= 11 is 0. The van der Waals surface area contributed by atoms with E-state index in [0.29, 0.717) is 19.6 Å². The van der Waals surface area contributed by atoms with Crippen LogP contribution in [-0.2, 0) is 19.4 Å². The first-order valence-electron chi connectivity index (χ1n) is 5.89. The lowest BCUT2D eigenvalue weighted by Gasteiger charge is -2.07. The summed E-state index contributed by atoms with van der Waals surface area (Å²) in [5, 5.41) is 0. The van der Waals surface area contributed by atoms with E-state index in [1.165, 1.54) is 0 Å². The van der Waals surface area contributed by atoms with E-state index >= 15 is 0 Å².